The average molecular weight is 472 g/mol. The lowest BCUT2D eigenvalue weighted by Gasteiger charge is -2.31. The maximum atomic E-state index is 12.8. The van der Waals surface area contributed by atoms with Crippen molar-refractivity contribution in [3.05, 3.63) is 58.6 Å². The molecular weight excluding hydrogens is 442 g/mol. The summed E-state index contributed by atoms with van der Waals surface area (Å²) in [4.78, 5) is 29.4. The number of hydrogen-bond donors (Lipinski definition) is 1. The van der Waals surface area contributed by atoms with E-state index in [1.165, 1.54) is 5.56 Å². The number of halogens is 1. The van der Waals surface area contributed by atoms with Crippen LogP contribution >= 0.6 is 11.6 Å². The highest BCUT2D eigenvalue weighted by molar-refractivity contribution is 6.31. The lowest BCUT2D eigenvalue weighted by atomic mass is 10.1. The lowest BCUT2D eigenvalue weighted by Crippen LogP contribution is -2.40. The largest absolute Gasteiger partial charge is 0.495 e. The van der Waals surface area contributed by atoms with Crippen molar-refractivity contribution >= 4 is 29.1 Å². The monoisotopic (exact) mass is 471 g/mol. The predicted octanol–water partition coefficient (Wildman–Crippen LogP) is 3.24. The Labute approximate surface area is 199 Å². The van der Waals surface area contributed by atoms with Crippen molar-refractivity contribution in [3.63, 3.8) is 0 Å². The van der Waals surface area contributed by atoms with E-state index < -0.39 is 5.92 Å². The van der Waals surface area contributed by atoms with Gasteiger partial charge in [-0.2, -0.15) is 0 Å². The number of carbonyl (C=O) groups is 2. The molecule has 0 bridgehead atoms. The molecule has 2 saturated heterocycles. The fourth-order valence-corrected chi connectivity index (χ4v) is 4.62. The molecule has 2 aliphatic rings. The van der Waals surface area contributed by atoms with Crippen molar-refractivity contribution in [1.29, 1.82) is 0 Å². The Morgan fingerprint density at radius 1 is 1.21 bits per heavy atom. The summed E-state index contributed by atoms with van der Waals surface area (Å²) in [6.07, 6.45) is 0.415. The van der Waals surface area contributed by atoms with Gasteiger partial charge in [-0.3, -0.25) is 14.5 Å². The summed E-state index contributed by atoms with van der Waals surface area (Å²) in [5, 5.41) is 3.51. The van der Waals surface area contributed by atoms with E-state index in [1.54, 1.807) is 30.2 Å². The number of nitrogens with one attached hydrogen (secondary N) is 1. The number of rotatable bonds is 7. The average Bonchev–Trinajstić information content (AvgIpc) is 3.19. The predicted molar refractivity (Wildman–Crippen MR) is 127 cm³/mol. The molecular formula is C25H30ClN3O4. The number of ether oxygens (including phenoxy) is 2. The first-order valence-electron chi connectivity index (χ1n) is 11.3. The molecule has 2 fully saturated rings. The van der Waals surface area contributed by atoms with Gasteiger partial charge in [-0.05, 0) is 36.2 Å². The van der Waals surface area contributed by atoms with Gasteiger partial charge in [0.25, 0.3) is 0 Å². The van der Waals surface area contributed by atoms with Crippen LogP contribution < -0.4 is 15.0 Å². The van der Waals surface area contributed by atoms with Gasteiger partial charge in [0.05, 0.1) is 31.4 Å². The molecule has 2 atom stereocenters. The summed E-state index contributed by atoms with van der Waals surface area (Å²) in [5.41, 5.74) is 2.85. The highest BCUT2D eigenvalue weighted by Crippen LogP contribution is 2.35. The molecule has 0 saturated carbocycles. The smallest absolute Gasteiger partial charge is 0.227 e. The molecule has 4 rings (SSSR count). The van der Waals surface area contributed by atoms with Crippen LogP contribution in [0.3, 0.4) is 0 Å². The van der Waals surface area contributed by atoms with Crippen LogP contribution in [0.25, 0.3) is 0 Å². The minimum Gasteiger partial charge on any atom is -0.495 e. The summed E-state index contributed by atoms with van der Waals surface area (Å²) >= 11 is 6.12. The highest BCUT2D eigenvalue weighted by Gasteiger charge is 2.36. The van der Waals surface area contributed by atoms with Crippen LogP contribution in [0, 0.1) is 5.92 Å². The van der Waals surface area contributed by atoms with E-state index in [4.69, 9.17) is 21.1 Å². The first-order valence-corrected chi connectivity index (χ1v) is 11.6. The van der Waals surface area contributed by atoms with Crippen molar-refractivity contribution in [3.8, 4) is 5.75 Å². The second-order valence-corrected chi connectivity index (χ2v) is 9.11. The van der Waals surface area contributed by atoms with Gasteiger partial charge in [0, 0.05) is 44.2 Å². The van der Waals surface area contributed by atoms with Gasteiger partial charge in [0.15, 0.2) is 0 Å². The highest BCUT2D eigenvalue weighted by atomic mass is 35.5. The second kappa shape index (κ2) is 10.5. The Hall–Kier alpha value is -2.61. The van der Waals surface area contributed by atoms with Crippen LogP contribution in [0.1, 0.15) is 24.5 Å². The van der Waals surface area contributed by atoms with Gasteiger partial charge < -0.3 is 19.7 Å². The molecule has 2 aromatic carbocycles. The fourth-order valence-electron chi connectivity index (χ4n) is 4.45. The molecule has 8 heteroatoms. The summed E-state index contributed by atoms with van der Waals surface area (Å²) in [6, 6.07) is 13.4. The third kappa shape index (κ3) is 5.85. The Kier molecular flexibility index (Phi) is 7.53. The minimum atomic E-state index is -0.417. The standard InChI is InChI=1S/C25H30ClN3O4/c1-17-14-28(8-9-33-17)15-19-5-3-4-18(10-19)13-27-25(31)20-11-24(30)29(16-20)22-12-21(26)6-7-23(22)32-2/h3-7,10,12,17,20H,8-9,11,13-16H2,1-2H3,(H,27,31). The van der Waals surface area contributed by atoms with Crippen LogP contribution in [0.2, 0.25) is 5.02 Å². The first kappa shape index (κ1) is 23.5. The Morgan fingerprint density at radius 3 is 2.82 bits per heavy atom. The molecule has 33 heavy (non-hydrogen) atoms. The Balaban J connectivity index is 1.34. The summed E-state index contributed by atoms with van der Waals surface area (Å²) < 4.78 is 11.0. The Morgan fingerprint density at radius 2 is 2.03 bits per heavy atom. The van der Waals surface area contributed by atoms with E-state index in [-0.39, 0.29) is 24.3 Å². The van der Waals surface area contributed by atoms with E-state index in [2.05, 4.69) is 29.3 Å². The molecule has 2 aliphatic heterocycles. The summed E-state index contributed by atoms with van der Waals surface area (Å²) in [5.74, 6) is -0.101. The lowest BCUT2D eigenvalue weighted by molar-refractivity contribution is -0.126. The van der Waals surface area contributed by atoms with Crippen molar-refractivity contribution in [2.75, 3.05) is 38.3 Å². The summed E-state index contributed by atoms with van der Waals surface area (Å²) in [7, 11) is 1.55. The van der Waals surface area contributed by atoms with Crippen molar-refractivity contribution < 1.29 is 19.1 Å². The molecule has 7 nitrogen and oxygen atoms in total. The molecule has 176 valence electrons. The van der Waals surface area contributed by atoms with E-state index in [0.717, 1.165) is 31.8 Å². The van der Waals surface area contributed by atoms with Crippen LogP contribution in [0.15, 0.2) is 42.5 Å². The van der Waals surface area contributed by atoms with Crippen LogP contribution in [0.4, 0.5) is 5.69 Å². The fraction of sp³-hybridized carbons (Fsp3) is 0.440. The van der Waals surface area contributed by atoms with Crippen LogP contribution in [-0.4, -0.2) is 56.2 Å². The molecule has 2 amide bonds. The quantitative estimate of drug-likeness (QED) is 0.671. The maximum Gasteiger partial charge on any atom is 0.227 e. The minimum absolute atomic E-state index is 0.113. The van der Waals surface area contributed by atoms with E-state index in [1.807, 2.05) is 12.1 Å². The summed E-state index contributed by atoms with van der Waals surface area (Å²) in [6.45, 7) is 6.29. The zero-order valence-corrected chi connectivity index (χ0v) is 19.8. The molecule has 2 unspecified atom stereocenters. The van der Waals surface area contributed by atoms with Gasteiger partial charge >= 0.3 is 0 Å². The van der Waals surface area contributed by atoms with Crippen LogP contribution in [-0.2, 0) is 27.4 Å². The zero-order chi connectivity index (χ0) is 23.4. The van der Waals surface area contributed by atoms with Gasteiger partial charge in [0.1, 0.15) is 5.75 Å². The number of amides is 2. The first-order chi connectivity index (χ1) is 15.9. The van der Waals surface area contributed by atoms with Gasteiger partial charge in [-0.25, -0.2) is 0 Å². The van der Waals surface area contributed by atoms with E-state index in [0.29, 0.717) is 29.5 Å². The number of hydrogen-bond acceptors (Lipinski definition) is 5. The van der Waals surface area contributed by atoms with Gasteiger partial charge in [0.2, 0.25) is 11.8 Å². The number of nitrogens with zero attached hydrogens (tertiary/aromatic N) is 2. The number of methoxy groups -OCH3 is 1. The maximum absolute atomic E-state index is 12.8. The number of morpholine rings is 1. The normalized spacial score (nSPS) is 21.3. The Bertz CT molecular complexity index is 1010. The number of carbonyl (C=O) groups excluding carboxylic acids is 2. The van der Waals surface area contributed by atoms with Crippen molar-refractivity contribution in [1.82, 2.24) is 10.2 Å². The van der Waals surface area contributed by atoms with Crippen LogP contribution in [0.5, 0.6) is 5.75 Å². The third-order valence-electron chi connectivity index (χ3n) is 6.12. The molecule has 0 aliphatic carbocycles. The third-order valence-corrected chi connectivity index (χ3v) is 6.35. The molecule has 0 radical (unpaired) electrons. The molecule has 2 heterocycles. The van der Waals surface area contributed by atoms with Gasteiger partial charge in [-0.1, -0.05) is 35.9 Å². The molecule has 2 aromatic rings. The van der Waals surface area contributed by atoms with Gasteiger partial charge in [-0.15, -0.1) is 0 Å². The van der Waals surface area contributed by atoms with Crippen molar-refractivity contribution in [2.24, 2.45) is 5.92 Å². The molecule has 1 N–H and O–H groups in total. The number of benzene rings is 2. The topological polar surface area (TPSA) is 71.1 Å². The van der Waals surface area contributed by atoms with E-state index >= 15 is 0 Å². The SMILES string of the molecule is COc1ccc(Cl)cc1N1CC(C(=O)NCc2cccc(CN3CCOC(C)C3)c2)CC1=O. The molecule has 0 spiro atoms. The zero-order valence-electron chi connectivity index (χ0n) is 19.1. The second-order valence-electron chi connectivity index (χ2n) is 8.68. The molecule has 0 aromatic heterocycles. The van der Waals surface area contributed by atoms with E-state index in [9.17, 15) is 9.59 Å². The number of anilines is 1. The van der Waals surface area contributed by atoms with Crippen molar-refractivity contribution in [2.45, 2.75) is 32.5 Å².